The smallest absolute Gasteiger partial charge is 0.316 e. The second kappa shape index (κ2) is 10.2. The Bertz CT molecular complexity index is 1270. The van der Waals surface area contributed by atoms with Gasteiger partial charge in [-0.1, -0.05) is 49.9 Å². The summed E-state index contributed by atoms with van der Waals surface area (Å²) >= 11 is 0. The molecule has 2 aliphatic heterocycles. The minimum Gasteiger partial charge on any atom is -0.369 e. The molecule has 2 fully saturated rings. The van der Waals surface area contributed by atoms with Gasteiger partial charge in [-0.2, -0.15) is 0 Å². The van der Waals surface area contributed by atoms with Crippen molar-refractivity contribution in [3.63, 3.8) is 0 Å². The van der Waals surface area contributed by atoms with Crippen LogP contribution in [0.2, 0.25) is 0 Å². The molecule has 36 heavy (non-hydrogen) atoms. The average Bonchev–Trinajstić information content (AvgIpc) is 3.17. The van der Waals surface area contributed by atoms with Crippen LogP contribution in [0, 0.1) is 4.91 Å². The number of para-hydroxylation sites is 1. The number of nitroso groups, excluding NO2 is 1. The third-order valence-corrected chi connectivity index (χ3v) is 8.70. The zero-order valence-corrected chi connectivity index (χ0v) is 21.0. The van der Waals surface area contributed by atoms with Gasteiger partial charge in [0, 0.05) is 58.6 Å². The number of carbonyl (C=O) groups is 1. The summed E-state index contributed by atoms with van der Waals surface area (Å²) in [5.74, 6) is -0.170. The molecule has 1 saturated carbocycles. The monoisotopic (exact) mass is 484 g/mol. The second-order valence-electron chi connectivity index (χ2n) is 10.8. The molecule has 3 aliphatic rings. The zero-order chi connectivity index (χ0) is 24.5. The van der Waals surface area contributed by atoms with E-state index in [-0.39, 0.29) is 0 Å². The lowest BCUT2D eigenvalue weighted by atomic mass is 9.81. The molecule has 1 atom stereocenters. The van der Waals surface area contributed by atoms with Crippen molar-refractivity contribution in [1.29, 1.82) is 0 Å². The summed E-state index contributed by atoms with van der Waals surface area (Å²) in [6.45, 7) is 3.96. The molecule has 0 radical (unpaired) electrons. The van der Waals surface area contributed by atoms with Crippen molar-refractivity contribution < 1.29 is 4.79 Å². The minimum absolute atomic E-state index is 0.380. The van der Waals surface area contributed by atoms with Crippen LogP contribution in [0.5, 0.6) is 0 Å². The SMILES string of the molecule is O=NC(=O)c1ccc2c(C3CCCCC3)c3n(c2c1)CCN(CCC1CCCCN1)c1ccccc1-3. The number of aromatic nitrogens is 1. The number of rotatable bonds is 5. The molecule has 1 N–H and O–H groups in total. The molecule has 1 saturated heterocycles. The van der Waals surface area contributed by atoms with E-state index in [2.05, 4.69) is 50.3 Å². The van der Waals surface area contributed by atoms with Crippen LogP contribution in [-0.2, 0) is 6.54 Å². The Morgan fingerprint density at radius 3 is 2.61 bits per heavy atom. The molecule has 2 aromatic carbocycles. The lowest BCUT2D eigenvalue weighted by Gasteiger charge is -2.29. The highest BCUT2D eigenvalue weighted by molar-refractivity contribution is 6.02. The van der Waals surface area contributed by atoms with Crippen molar-refractivity contribution >= 4 is 22.5 Å². The number of hydrogen-bond acceptors (Lipinski definition) is 4. The normalized spacial score (nSPS) is 20.6. The third kappa shape index (κ3) is 4.26. The summed E-state index contributed by atoms with van der Waals surface area (Å²) in [6, 6.07) is 15.2. The largest absolute Gasteiger partial charge is 0.369 e. The fraction of sp³-hybridized carbons (Fsp3) is 0.500. The number of carbonyl (C=O) groups excluding carboxylic acids is 1. The van der Waals surface area contributed by atoms with Gasteiger partial charge in [-0.3, -0.25) is 4.79 Å². The van der Waals surface area contributed by atoms with E-state index in [9.17, 15) is 9.70 Å². The van der Waals surface area contributed by atoms with E-state index < -0.39 is 5.91 Å². The summed E-state index contributed by atoms with van der Waals surface area (Å²) in [6.07, 6.45) is 11.3. The second-order valence-corrected chi connectivity index (χ2v) is 10.8. The number of amides is 1. The van der Waals surface area contributed by atoms with Crippen LogP contribution in [0.3, 0.4) is 0 Å². The summed E-state index contributed by atoms with van der Waals surface area (Å²) < 4.78 is 2.43. The standard InChI is InChI=1S/C30H36N4O2/c35-30(32-36)22-13-14-24-27(20-22)34-19-18-33(17-15-23-10-6-7-16-31-23)26-12-5-4-11-25(26)29(34)28(24)21-8-2-1-3-9-21/h4-5,11-14,20-21,23,31H,1-3,6-10,15-19H2. The Labute approximate surface area is 213 Å². The van der Waals surface area contributed by atoms with Crippen molar-refractivity contribution in [3.8, 4) is 11.3 Å². The fourth-order valence-electron chi connectivity index (χ4n) is 6.89. The highest BCUT2D eigenvalue weighted by Gasteiger charge is 2.30. The van der Waals surface area contributed by atoms with Crippen LogP contribution in [-0.4, -0.2) is 36.2 Å². The quantitative estimate of drug-likeness (QED) is 0.414. The van der Waals surface area contributed by atoms with E-state index in [1.54, 1.807) is 6.07 Å². The molecule has 6 heteroatoms. The van der Waals surface area contributed by atoms with Crippen molar-refractivity contribution in [2.45, 2.75) is 76.3 Å². The summed E-state index contributed by atoms with van der Waals surface area (Å²) in [5, 5.41) is 7.64. The Hall–Kier alpha value is -2.99. The topological polar surface area (TPSA) is 66.7 Å². The first kappa shape index (κ1) is 23.4. The van der Waals surface area contributed by atoms with Gasteiger partial charge >= 0.3 is 5.91 Å². The number of piperidine rings is 1. The van der Waals surface area contributed by atoms with E-state index in [4.69, 9.17) is 0 Å². The number of nitrogens with zero attached hydrogens (tertiary/aromatic N) is 3. The number of anilines is 1. The fourth-order valence-corrected chi connectivity index (χ4v) is 6.89. The highest BCUT2D eigenvalue weighted by atomic mass is 16.3. The van der Waals surface area contributed by atoms with Gasteiger partial charge in [0.15, 0.2) is 0 Å². The molecule has 188 valence electrons. The lowest BCUT2D eigenvalue weighted by molar-refractivity contribution is 0.100. The van der Waals surface area contributed by atoms with Gasteiger partial charge in [-0.15, -0.1) is 4.91 Å². The maximum Gasteiger partial charge on any atom is 0.316 e. The first-order valence-electron chi connectivity index (χ1n) is 13.9. The lowest BCUT2D eigenvalue weighted by Crippen LogP contribution is -2.38. The number of hydrogen-bond donors (Lipinski definition) is 1. The van der Waals surface area contributed by atoms with Crippen LogP contribution >= 0.6 is 0 Å². The molecule has 1 aliphatic carbocycles. The van der Waals surface area contributed by atoms with Gasteiger partial charge in [-0.25, -0.2) is 0 Å². The third-order valence-electron chi connectivity index (χ3n) is 8.70. The van der Waals surface area contributed by atoms with E-state index in [1.807, 2.05) is 6.07 Å². The number of benzene rings is 2. The van der Waals surface area contributed by atoms with Crippen molar-refractivity contribution in [3.05, 3.63) is 58.5 Å². The summed E-state index contributed by atoms with van der Waals surface area (Å²) in [7, 11) is 0. The molecular weight excluding hydrogens is 448 g/mol. The van der Waals surface area contributed by atoms with Gasteiger partial charge < -0.3 is 14.8 Å². The van der Waals surface area contributed by atoms with E-state index >= 15 is 0 Å². The first-order valence-corrected chi connectivity index (χ1v) is 13.9. The first-order chi connectivity index (χ1) is 17.7. The van der Waals surface area contributed by atoms with Crippen LogP contribution < -0.4 is 10.2 Å². The molecule has 3 aromatic rings. The van der Waals surface area contributed by atoms with Crippen LogP contribution in [0.1, 0.15) is 79.6 Å². The molecule has 0 bridgehead atoms. The molecule has 1 unspecified atom stereocenters. The molecule has 6 nitrogen and oxygen atoms in total. The maximum absolute atomic E-state index is 12.2. The average molecular weight is 485 g/mol. The molecule has 6 rings (SSSR count). The Morgan fingerprint density at radius 2 is 1.81 bits per heavy atom. The van der Waals surface area contributed by atoms with E-state index in [0.717, 1.165) is 38.1 Å². The Morgan fingerprint density at radius 1 is 0.972 bits per heavy atom. The molecule has 3 heterocycles. The van der Waals surface area contributed by atoms with E-state index in [1.165, 1.54) is 79.3 Å². The predicted octanol–water partition coefficient (Wildman–Crippen LogP) is 6.61. The molecule has 1 aromatic heterocycles. The predicted molar refractivity (Wildman–Crippen MR) is 146 cm³/mol. The van der Waals surface area contributed by atoms with Gasteiger partial charge in [-0.05, 0) is 68.3 Å². The van der Waals surface area contributed by atoms with E-state index in [0.29, 0.717) is 17.5 Å². The summed E-state index contributed by atoms with van der Waals surface area (Å²) in [5.41, 5.74) is 6.81. The van der Waals surface area contributed by atoms with Gasteiger partial charge in [0.05, 0.1) is 5.69 Å². The number of nitrogens with one attached hydrogen (secondary N) is 1. The van der Waals surface area contributed by atoms with Gasteiger partial charge in [0.2, 0.25) is 0 Å². The van der Waals surface area contributed by atoms with Crippen LogP contribution in [0.25, 0.3) is 22.2 Å². The maximum atomic E-state index is 12.2. The molecule has 0 spiro atoms. The minimum atomic E-state index is -0.692. The van der Waals surface area contributed by atoms with Crippen LogP contribution in [0.15, 0.2) is 47.6 Å². The summed E-state index contributed by atoms with van der Waals surface area (Å²) in [4.78, 5) is 25.8. The van der Waals surface area contributed by atoms with Crippen molar-refractivity contribution in [2.24, 2.45) is 5.18 Å². The Balaban J connectivity index is 1.46. The van der Waals surface area contributed by atoms with Gasteiger partial charge in [0.25, 0.3) is 0 Å². The number of fused-ring (bicyclic) bond motifs is 5. The van der Waals surface area contributed by atoms with Crippen LogP contribution in [0.4, 0.5) is 5.69 Å². The molecular formula is C30H36N4O2. The van der Waals surface area contributed by atoms with Crippen molar-refractivity contribution in [2.75, 3.05) is 24.5 Å². The van der Waals surface area contributed by atoms with Gasteiger partial charge in [0.1, 0.15) is 0 Å². The Kier molecular flexibility index (Phi) is 6.61. The molecule has 1 amide bonds. The van der Waals surface area contributed by atoms with Crippen molar-refractivity contribution in [1.82, 2.24) is 9.88 Å². The zero-order valence-electron chi connectivity index (χ0n) is 21.0. The highest BCUT2D eigenvalue weighted by Crippen LogP contribution is 2.47.